The first-order valence-corrected chi connectivity index (χ1v) is 6.67. The largest absolute Gasteiger partial charge is 0.480 e. The van der Waals surface area contributed by atoms with Crippen molar-refractivity contribution in [1.29, 1.82) is 0 Å². The average Bonchev–Trinajstić information content (AvgIpc) is 2.59. The molecule has 1 aromatic carbocycles. The third-order valence-corrected chi connectivity index (χ3v) is 4.54. The Kier molecular flexibility index (Phi) is 2.39. The Morgan fingerprint density at radius 1 is 1.44 bits per heavy atom. The summed E-state index contributed by atoms with van der Waals surface area (Å²) in [5.41, 5.74) is -0.582. The van der Waals surface area contributed by atoms with Crippen molar-refractivity contribution in [2.75, 3.05) is 11.5 Å². The topological polar surface area (TPSA) is 77.8 Å². The normalized spacial score (nSPS) is 29.9. The van der Waals surface area contributed by atoms with Gasteiger partial charge in [-0.1, -0.05) is 18.2 Å². The van der Waals surface area contributed by atoms with Crippen molar-refractivity contribution in [3.63, 3.8) is 0 Å². The third kappa shape index (κ3) is 1.33. The molecule has 1 aromatic rings. The number of aliphatic hydroxyl groups is 1. The Labute approximate surface area is 107 Å². The summed E-state index contributed by atoms with van der Waals surface area (Å²) in [7, 11) is 0. The highest BCUT2D eigenvalue weighted by atomic mass is 32.2. The zero-order valence-electron chi connectivity index (χ0n) is 9.37. The van der Waals surface area contributed by atoms with Crippen LogP contribution in [0.15, 0.2) is 24.3 Å². The van der Waals surface area contributed by atoms with Crippen LogP contribution in [-0.4, -0.2) is 44.5 Å². The number of thioether (sulfide) groups is 1. The van der Waals surface area contributed by atoms with Crippen LogP contribution in [0.5, 0.6) is 0 Å². The molecule has 6 heteroatoms. The van der Waals surface area contributed by atoms with Gasteiger partial charge in [-0.05, 0) is 6.07 Å². The number of carbonyl (C=O) groups excluding carboxylic acids is 1. The van der Waals surface area contributed by atoms with Crippen molar-refractivity contribution in [3.05, 3.63) is 35.4 Å². The van der Waals surface area contributed by atoms with E-state index in [0.717, 1.165) is 4.90 Å². The Hall–Kier alpha value is -1.53. The highest BCUT2D eigenvalue weighted by Crippen LogP contribution is 2.44. The molecule has 0 spiro atoms. The van der Waals surface area contributed by atoms with Gasteiger partial charge in [0.25, 0.3) is 5.91 Å². The van der Waals surface area contributed by atoms with E-state index < -0.39 is 23.6 Å². The maximum absolute atomic E-state index is 12.2. The van der Waals surface area contributed by atoms with Crippen LogP contribution in [0.4, 0.5) is 0 Å². The van der Waals surface area contributed by atoms with Gasteiger partial charge < -0.3 is 10.2 Å². The average molecular weight is 265 g/mol. The van der Waals surface area contributed by atoms with E-state index in [0.29, 0.717) is 22.6 Å². The van der Waals surface area contributed by atoms with Crippen LogP contribution in [0.2, 0.25) is 0 Å². The highest BCUT2D eigenvalue weighted by Gasteiger charge is 2.55. The second-order valence-corrected chi connectivity index (χ2v) is 5.44. The molecule has 1 fully saturated rings. The first-order chi connectivity index (χ1) is 8.55. The first-order valence-electron chi connectivity index (χ1n) is 5.52. The van der Waals surface area contributed by atoms with Gasteiger partial charge in [-0.2, -0.15) is 11.8 Å². The molecule has 0 aliphatic carbocycles. The number of hydrogen-bond acceptors (Lipinski definition) is 4. The molecular weight excluding hydrogens is 254 g/mol. The lowest BCUT2D eigenvalue weighted by Gasteiger charge is -2.41. The lowest BCUT2D eigenvalue weighted by molar-refractivity contribution is -0.152. The van der Waals surface area contributed by atoms with E-state index in [9.17, 15) is 19.8 Å². The van der Waals surface area contributed by atoms with Crippen LogP contribution in [0.3, 0.4) is 0 Å². The van der Waals surface area contributed by atoms with E-state index in [1.165, 1.54) is 11.8 Å². The smallest absolute Gasteiger partial charge is 0.327 e. The zero-order valence-corrected chi connectivity index (χ0v) is 10.2. The maximum atomic E-state index is 12.2. The molecule has 1 amide bonds. The summed E-state index contributed by atoms with van der Waals surface area (Å²) >= 11 is 1.35. The van der Waals surface area contributed by atoms with Gasteiger partial charge in [0.1, 0.15) is 6.04 Å². The summed E-state index contributed by atoms with van der Waals surface area (Å²) in [6.07, 6.45) is 0. The number of benzene rings is 1. The Bertz CT molecular complexity index is 547. The fourth-order valence-electron chi connectivity index (χ4n) is 2.56. The second-order valence-electron chi connectivity index (χ2n) is 4.41. The molecule has 0 aromatic heterocycles. The van der Waals surface area contributed by atoms with E-state index in [1.807, 2.05) is 0 Å². The number of nitrogens with zero attached hydrogens (tertiary/aromatic N) is 1. The molecular formula is C12H11NO4S. The molecule has 1 saturated heterocycles. The lowest BCUT2D eigenvalue weighted by atomic mass is 10.0. The molecule has 5 nitrogen and oxygen atoms in total. The molecule has 0 bridgehead atoms. The monoisotopic (exact) mass is 265 g/mol. The van der Waals surface area contributed by atoms with Gasteiger partial charge in [-0.15, -0.1) is 0 Å². The number of carboxylic acid groups (broad SMARTS) is 1. The predicted molar refractivity (Wildman–Crippen MR) is 65.3 cm³/mol. The summed E-state index contributed by atoms with van der Waals surface area (Å²) in [4.78, 5) is 24.6. The Balaban J connectivity index is 2.16. The zero-order chi connectivity index (χ0) is 12.9. The fraction of sp³-hybridized carbons (Fsp3) is 0.333. The van der Waals surface area contributed by atoms with Gasteiger partial charge in [0.05, 0.1) is 0 Å². The van der Waals surface area contributed by atoms with Crippen LogP contribution in [-0.2, 0) is 10.5 Å². The molecule has 0 radical (unpaired) electrons. The van der Waals surface area contributed by atoms with E-state index in [-0.39, 0.29) is 0 Å². The molecule has 1 unspecified atom stereocenters. The van der Waals surface area contributed by atoms with E-state index in [4.69, 9.17) is 0 Å². The summed E-state index contributed by atoms with van der Waals surface area (Å²) in [6, 6.07) is 5.77. The van der Waals surface area contributed by atoms with Crippen molar-refractivity contribution in [1.82, 2.24) is 4.90 Å². The minimum atomic E-state index is -1.49. The van der Waals surface area contributed by atoms with Crippen LogP contribution in [0, 0.1) is 0 Å². The highest BCUT2D eigenvalue weighted by molar-refractivity contribution is 7.99. The van der Waals surface area contributed by atoms with E-state index in [2.05, 4.69) is 0 Å². The van der Waals surface area contributed by atoms with Gasteiger partial charge in [0.15, 0.2) is 5.72 Å². The van der Waals surface area contributed by atoms with Crippen LogP contribution in [0.1, 0.15) is 15.9 Å². The minimum Gasteiger partial charge on any atom is -0.480 e. The minimum absolute atomic E-state index is 0.303. The molecule has 2 N–H and O–H groups in total. The molecule has 2 heterocycles. The molecule has 2 atom stereocenters. The van der Waals surface area contributed by atoms with E-state index >= 15 is 0 Å². The number of fused-ring (bicyclic) bond motifs is 3. The van der Waals surface area contributed by atoms with Gasteiger partial charge in [-0.3, -0.25) is 9.69 Å². The van der Waals surface area contributed by atoms with Crippen molar-refractivity contribution in [2.24, 2.45) is 0 Å². The second kappa shape index (κ2) is 3.73. The van der Waals surface area contributed by atoms with Gasteiger partial charge in [0, 0.05) is 22.6 Å². The number of aliphatic carboxylic acids is 1. The molecule has 2 aliphatic heterocycles. The number of carboxylic acids is 1. The summed E-state index contributed by atoms with van der Waals surface area (Å²) in [5.74, 6) is -0.876. The Morgan fingerprint density at radius 2 is 2.17 bits per heavy atom. The lowest BCUT2D eigenvalue weighted by Crippen LogP contribution is -2.58. The van der Waals surface area contributed by atoms with Gasteiger partial charge in [0.2, 0.25) is 0 Å². The molecule has 2 aliphatic rings. The first kappa shape index (κ1) is 11.6. The SMILES string of the molecule is O=C(O)[C@@H]1CSCC2(O)c3ccccc3C(=O)N12. The fourth-order valence-corrected chi connectivity index (χ4v) is 3.77. The Morgan fingerprint density at radius 3 is 2.89 bits per heavy atom. The maximum Gasteiger partial charge on any atom is 0.327 e. The summed E-state index contributed by atoms with van der Waals surface area (Å²) in [5, 5.41) is 19.9. The van der Waals surface area contributed by atoms with Gasteiger partial charge >= 0.3 is 5.97 Å². The molecule has 18 heavy (non-hydrogen) atoms. The number of amides is 1. The van der Waals surface area contributed by atoms with Crippen LogP contribution < -0.4 is 0 Å². The van der Waals surface area contributed by atoms with Gasteiger partial charge in [-0.25, -0.2) is 4.79 Å². The summed E-state index contributed by atoms with van der Waals surface area (Å²) < 4.78 is 0. The van der Waals surface area contributed by atoms with Crippen molar-refractivity contribution < 1.29 is 19.8 Å². The van der Waals surface area contributed by atoms with Crippen molar-refractivity contribution in [2.45, 2.75) is 11.8 Å². The molecule has 94 valence electrons. The third-order valence-electron chi connectivity index (χ3n) is 3.38. The van der Waals surface area contributed by atoms with E-state index in [1.54, 1.807) is 24.3 Å². The number of carbonyl (C=O) groups is 2. The standard InChI is InChI=1S/C12H11NO4S/c14-10-7-3-1-2-4-8(7)12(17)6-18-5-9(11(15)16)13(10)12/h1-4,9,17H,5-6H2,(H,15,16)/t9-,12?/m0/s1. The molecule has 3 rings (SSSR count). The summed E-state index contributed by atoms with van der Waals surface area (Å²) in [6.45, 7) is 0. The molecule has 0 saturated carbocycles. The predicted octanol–water partition coefficient (Wildman–Crippen LogP) is 0.488. The van der Waals surface area contributed by atoms with Crippen LogP contribution >= 0.6 is 11.8 Å². The van der Waals surface area contributed by atoms with Crippen LogP contribution in [0.25, 0.3) is 0 Å². The van der Waals surface area contributed by atoms with Crippen molar-refractivity contribution >= 4 is 23.6 Å². The number of hydrogen-bond donors (Lipinski definition) is 2. The number of rotatable bonds is 1. The quantitative estimate of drug-likeness (QED) is 0.772. The van der Waals surface area contributed by atoms with Crippen molar-refractivity contribution in [3.8, 4) is 0 Å².